The van der Waals surface area contributed by atoms with Crippen molar-refractivity contribution in [3.8, 4) is 5.75 Å². The largest absolute Gasteiger partial charge is 0.479 e. The van der Waals surface area contributed by atoms with E-state index in [1.54, 1.807) is 30.1 Å². The van der Waals surface area contributed by atoms with Gasteiger partial charge >= 0.3 is 0 Å². The van der Waals surface area contributed by atoms with Crippen molar-refractivity contribution in [2.24, 2.45) is 0 Å². The van der Waals surface area contributed by atoms with E-state index in [9.17, 15) is 14.7 Å². The van der Waals surface area contributed by atoms with Crippen LogP contribution in [0.4, 0.5) is 0 Å². The number of rotatable bonds is 5. The predicted octanol–water partition coefficient (Wildman–Crippen LogP) is 2.94. The van der Waals surface area contributed by atoms with Gasteiger partial charge in [-0.1, -0.05) is 41.9 Å². The van der Waals surface area contributed by atoms with Crippen LogP contribution in [0.5, 0.6) is 5.75 Å². The standard InChI is InChI=1S/C23H25ClN2O4/c1-25(19(15-5-3-2-4-6-15)14-26-10-9-17(27)13-26)23(29)22-12-20(28)18-11-16(24)7-8-21(18)30-22/h2-8,11,17,19,22,27H,9-10,12-14H2,1H3. The normalized spacial score (nSPS) is 22.3. The predicted molar refractivity (Wildman–Crippen MR) is 114 cm³/mol. The quantitative estimate of drug-likeness (QED) is 0.792. The SMILES string of the molecule is CN(C(=O)C1CC(=O)c2cc(Cl)ccc2O1)C(CN1CCC(O)C1)c1ccccc1. The highest BCUT2D eigenvalue weighted by molar-refractivity contribution is 6.31. The van der Waals surface area contributed by atoms with Crippen molar-refractivity contribution in [3.05, 3.63) is 64.7 Å². The van der Waals surface area contributed by atoms with E-state index in [4.69, 9.17) is 16.3 Å². The van der Waals surface area contributed by atoms with Gasteiger partial charge in [-0.15, -0.1) is 0 Å². The summed E-state index contributed by atoms with van der Waals surface area (Å²) in [6.07, 6.45) is -0.476. The van der Waals surface area contributed by atoms with Crippen LogP contribution in [0.15, 0.2) is 48.5 Å². The van der Waals surface area contributed by atoms with Gasteiger partial charge in [0.1, 0.15) is 5.75 Å². The number of Topliss-reactive ketones (excluding diaryl/α,β-unsaturated/α-hetero) is 1. The molecule has 1 fully saturated rings. The third kappa shape index (κ3) is 4.36. The molecular weight excluding hydrogens is 404 g/mol. The van der Waals surface area contributed by atoms with Gasteiger partial charge < -0.3 is 14.7 Å². The number of aliphatic hydroxyl groups is 1. The number of hydrogen-bond acceptors (Lipinski definition) is 5. The molecule has 0 aliphatic carbocycles. The second-order valence-electron chi connectivity index (χ2n) is 7.95. The molecule has 6 nitrogen and oxygen atoms in total. The van der Waals surface area contributed by atoms with E-state index in [1.165, 1.54) is 0 Å². The van der Waals surface area contributed by atoms with Crippen molar-refractivity contribution in [2.45, 2.75) is 31.1 Å². The minimum Gasteiger partial charge on any atom is -0.479 e. The number of benzene rings is 2. The lowest BCUT2D eigenvalue weighted by molar-refractivity contribution is -0.140. The number of likely N-dealkylation sites (tertiary alicyclic amines) is 1. The number of nitrogens with zero attached hydrogens (tertiary/aromatic N) is 2. The first-order chi connectivity index (χ1) is 14.4. The van der Waals surface area contributed by atoms with Gasteiger partial charge in [-0.25, -0.2) is 0 Å². The lowest BCUT2D eigenvalue weighted by Gasteiger charge is -2.35. The zero-order valence-electron chi connectivity index (χ0n) is 16.8. The first-order valence-electron chi connectivity index (χ1n) is 10.1. The summed E-state index contributed by atoms with van der Waals surface area (Å²) in [5.41, 5.74) is 1.42. The number of carbonyl (C=O) groups excluding carboxylic acids is 2. The van der Waals surface area contributed by atoms with Gasteiger partial charge in [0.25, 0.3) is 5.91 Å². The second kappa shape index (κ2) is 8.76. The molecule has 4 rings (SSSR count). The molecule has 0 radical (unpaired) electrons. The van der Waals surface area contributed by atoms with Crippen LogP contribution >= 0.6 is 11.6 Å². The Labute approximate surface area is 181 Å². The number of hydrogen-bond donors (Lipinski definition) is 1. The summed E-state index contributed by atoms with van der Waals surface area (Å²) in [6.45, 7) is 1.99. The molecule has 0 spiro atoms. The number of amides is 1. The molecule has 7 heteroatoms. The Bertz CT molecular complexity index is 936. The van der Waals surface area contributed by atoms with Crippen LogP contribution in [0, 0.1) is 0 Å². The zero-order valence-corrected chi connectivity index (χ0v) is 17.6. The van der Waals surface area contributed by atoms with Gasteiger partial charge in [0.15, 0.2) is 11.9 Å². The van der Waals surface area contributed by atoms with Crippen molar-refractivity contribution >= 4 is 23.3 Å². The molecule has 158 valence electrons. The first-order valence-corrected chi connectivity index (χ1v) is 10.5. The number of likely N-dealkylation sites (N-methyl/N-ethyl adjacent to an activating group) is 1. The Morgan fingerprint density at radius 3 is 2.77 bits per heavy atom. The molecule has 2 aliphatic heterocycles. The maximum atomic E-state index is 13.3. The number of ketones is 1. The maximum absolute atomic E-state index is 13.3. The molecule has 2 aliphatic rings. The van der Waals surface area contributed by atoms with Crippen molar-refractivity contribution in [1.82, 2.24) is 9.80 Å². The van der Waals surface area contributed by atoms with Gasteiger partial charge in [-0.2, -0.15) is 0 Å². The van der Waals surface area contributed by atoms with Gasteiger partial charge in [-0.05, 0) is 30.2 Å². The van der Waals surface area contributed by atoms with Gasteiger partial charge in [0.2, 0.25) is 0 Å². The van der Waals surface area contributed by atoms with Crippen LogP contribution in [-0.2, 0) is 4.79 Å². The summed E-state index contributed by atoms with van der Waals surface area (Å²) in [7, 11) is 1.75. The van der Waals surface area contributed by atoms with Crippen LogP contribution in [0.2, 0.25) is 5.02 Å². The third-order valence-electron chi connectivity index (χ3n) is 5.84. The fraction of sp³-hybridized carbons (Fsp3) is 0.391. The summed E-state index contributed by atoms with van der Waals surface area (Å²) < 4.78 is 5.89. The number of aliphatic hydroxyl groups excluding tert-OH is 1. The van der Waals surface area contributed by atoms with Crippen molar-refractivity contribution < 1.29 is 19.4 Å². The summed E-state index contributed by atoms with van der Waals surface area (Å²) in [4.78, 5) is 29.7. The van der Waals surface area contributed by atoms with Gasteiger partial charge in [0, 0.05) is 31.7 Å². The molecule has 1 N–H and O–H groups in total. The maximum Gasteiger partial charge on any atom is 0.264 e. The second-order valence-corrected chi connectivity index (χ2v) is 8.39. The fourth-order valence-corrected chi connectivity index (χ4v) is 4.34. The summed E-state index contributed by atoms with van der Waals surface area (Å²) in [6, 6.07) is 14.5. The van der Waals surface area contributed by atoms with E-state index in [2.05, 4.69) is 4.90 Å². The van der Waals surface area contributed by atoms with E-state index < -0.39 is 6.10 Å². The van der Waals surface area contributed by atoms with Gasteiger partial charge in [-0.3, -0.25) is 14.5 Å². The van der Waals surface area contributed by atoms with E-state index in [-0.39, 0.29) is 30.3 Å². The molecule has 1 amide bonds. The highest BCUT2D eigenvalue weighted by Crippen LogP contribution is 2.32. The molecular formula is C23H25ClN2O4. The summed E-state index contributed by atoms with van der Waals surface area (Å²) in [5.74, 6) is 0.00306. The number of halogens is 1. The molecule has 3 unspecified atom stereocenters. The highest BCUT2D eigenvalue weighted by Gasteiger charge is 2.36. The third-order valence-corrected chi connectivity index (χ3v) is 6.07. The summed E-state index contributed by atoms with van der Waals surface area (Å²) >= 11 is 5.99. The molecule has 0 bridgehead atoms. The molecule has 2 aromatic rings. The lowest BCUT2D eigenvalue weighted by Crippen LogP contribution is -2.46. The minimum atomic E-state index is -0.869. The Kier molecular flexibility index (Phi) is 6.09. The smallest absolute Gasteiger partial charge is 0.264 e. The van der Waals surface area contributed by atoms with E-state index in [0.717, 1.165) is 18.5 Å². The first kappa shape index (κ1) is 20.8. The minimum absolute atomic E-state index is 0.0134. The topological polar surface area (TPSA) is 70.1 Å². The summed E-state index contributed by atoms with van der Waals surface area (Å²) in [5, 5.41) is 10.3. The number of carbonyl (C=O) groups is 2. The average molecular weight is 429 g/mol. The Hall–Kier alpha value is -2.41. The monoisotopic (exact) mass is 428 g/mol. The van der Waals surface area contributed by atoms with Crippen LogP contribution in [-0.4, -0.2) is 65.5 Å². The van der Waals surface area contributed by atoms with Crippen molar-refractivity contribution in [2.75, 3.05) is 26.7 Å². The van der Waals surface area contributed by atoms with E-state index in [0.29, 0.717) is 29.4 Å². The Morgan fingerprint density at radius 2 is 2.07 bits per heavy atom. The van der Waals surface area contributed by atoms with Gasteiger partial charge in [0.05, 0.1) is 24.1 Å². The highest BCUT2D eigenvalue weighted by atomic mass is 35.5. The van der Waals surface area contributed by atoms with Crippen LogP contribution in [0.25, 0.3) is 0 Å². The zero-order chi connectivity index (χ0) is 21.3. The van der Waals surface area contributed by atoms with E-state index in [1.807, 2.05) is 30.3 Å². The molecule has 30 heavy (non-hydrogen) atoms. The molecule has 2 heterocycles. The fourth-order valence-electron chi connectivity index (χ4n) is 4.16. The molecule has 0 aromatic heterocycles. The Balaban J connectivity index is 1.55. The van der Waals surface area contributed by atoms with Crippen molar-refractivity contribution in [1.29, 1.82) is 0 Å². The Morgan fingerprint density at radius 1 is 1.30 bits per heavy atom. The van der Waals surface area contributed by atoms with Crippen molar-refractivity contribution in [3.63, 3.8) is 0 Å². The molecule has 3 atom stereocenters. The van der Waals surface area contributed by atoms with Crippen LogP contribution in [0.1, 0.15) is 34.8 Å². The van der Waals surface area contributed by atoms with Crippen LogP contribution in [0.3, 0.4) is 0 Å². The number of fused-ring (bicyclic) bond motifs is 1. The average Bonchev–Trinajstić information content (AvgIpc) is 3.16. The number of ether oxygens (including phenoxy) is 1. The molecule has 0 saturated carbocycles. The molecule has 2 aromatic carbocycles. The molecule has 1 saturated heterocycles. The van der Waals surface area contributed by atoms with Crippen LogP contribution < -0.4 is 4.74 Å². The lowest BCUT2D eigenvalue weighted by atomic mass is 9.98. The number of β-amino-alcohol motifs (C(OH)–C–C–N with tert-alkyl or cyclic N) is 1. The van der Waals surface area contributed by atoms with E-state index >= 15 is 0 Å².